The van der Waals surface area contributed by atoms with Crippen LogP contribution in [0.1, 0.15) is 9.75 Å². The van der Waals surface area contributed by atoms with Gasteiger partial charge in [-0.3, -0.25) is 4.79 Å². The van der Waals surface area contributed by atoms with Gasteiger partial charge in [0.2, 0.25) is 5.91 Å². The smallest absolute Gasteiger partial charge is 0.252 e. The lowest BCUT2D eigenvalue weighted by Gasteiger charge is -2.25. The second-order valence-electron chi connectivity index (χ2n) is 5.30. The Bertz CT molecular complexity index is 835. The number of hydrogen-bond donors (Lipinski definition) is 1. The molecule has 1 N–H and O–H groups in total. The summed E-state index contributed by atoms with van der Waals surface area (Å²) in [5.41, 5.74) is 0. The Hall–Kier alpha value is -1.52. The molecule has 0 aromatic carbocycles. The van der Waals surface area contributed by atoms with Crippen LogP contribution in [-0.2, 0) is 26.1 Å². The maximum Gasteiger partial charge on any atom is 0.252 e. The molecule has 3 rings (SSSR count). The third-order valence-electron chi connectivity index (χ3n) is 3.58. The average molecular weight is 399 g/mol. The van der Waals surface area contributed by atoms with E-state index in [1.165, 1.54) is 21.7 Å². The van der Waals surface area contributed by atoms with Gasteiger partial charge >= 0.3 is 0 Å². The molecule has 0 bridgehead atoms. The van der Waals surface area contributed by atoms with Gasteiger partial charge in [0, 0.05) is 28.9 Å². The minimum atomic E-state index is -3.47. The van der Waals surface area contributed by atoms with Gasteiger partial charge in [-0.1, -0.05) is 6.07 Å². The standard InChI is InChI=1S/C16H18N2O4S3/c19-15(5-3-13-2-1-11-23-13)17-12-14-4-6-16(24-14)25(20,21)18-7-9-22-10-8-18/h1-6,11H,7-10,12H2,(H,17,19). The second kappa shape index (κ2) is 8.24. The molecule has 2 aromatic rings. The molecule has 0 atom stereocenters. The van der Waals surface area contributed by atoms with Crippen LogP contribution in [0.5, 0.6) is 0 Å². The minimum Gasteiger partial charge on any atom is -0.379 e. The van der Waals surface area contributed by atoms with E-state index < -0.39 is 10.0 Å². The van der Waals surface area contributed by atoms with Crippen LogP contribution >= 0.6 is 22.7 Å². The van der Waals surface area contributed by atoms with Crippen molar-refractivity contribution in [2.24, 2.45) is 0 Å². The first kappa shape index (κ1) is 18.3. The number of hydrogen-bond acceptors (Lipinski definition) is 6. The first-order valence-corrected chi connectivity index (χ1v) is 10.9. The molecular formula is C16H18N2O4S3. The van der Waals surface area contributed by atoms with Crippen LogP contribution in [0, 0.1) is 0 Å². The van der Waals surface area contributed by atoms with Crippen molar-refractivity contribution >= 4 is 44.7 Å². The van der Waals surface area contributed by atoms with Gasteiger partial charge in [-0.15, -0.1) is 22.7 Å². The fourth-order valence-electron chi connectivity index (χ4n) is 2.28. The SMILES string of the molecule is O=C(C=Cc1cccs1)NCc1ccc(S(=O)(=O)N2CCOCC2)s1. The molecule has 1 fully saturated rings. The van der Waals surface area contributed by atoms with Crippen LogP contribution in [0.15, 0.2) is 39.9 Å². The van der Waals surface area contributed by atoms with E-state index in [-0.39, 0.29) is 5.91 Å². The third-order valence-corrected chi connectivity index (χ3v) is 7.87. The van der Waals surface area contributed by atoms with Crippen molar-refractivity contribution in [3.63, 3.8) is 0 Å². The summed E-state index contributed by atoms with van der Waals surface area (Å²) in [4.78, 5) is 13.6. The summed E-state index contributed by atoms with van der Waals surface area (Å²) >= 11 is 2.74. The van der Waals surface area contributed by atoms with E-state index in [1.807, 2.05) is 17.5 Å². The van der Waals surface area contributed by atoms with Gasteiger partial charge in [0.25, 0.3) is 10.0 Å². The van der Waals surface area contributed by atoms with Crippen molar-refractivity contribution in [3.05, 3.63) is 45.5 Å². The van der Waals surface area contributed by atoms with Gasteiger partial charge in [-0.25, -0.2) is 8.42 Å². The molecule has 0 unspecified atom stereocenters. The van der Waals surface area contributed by atoms with Crippen LogP contribution in [0.25, 0.3) is 6.08 Å². The summed E-state index contributed by atoms with van der Waals surface area (Å²) < 4.78 is 32.0. The molecule has 1 saturated heterocycles. The van der Waals surface area contributed by atoms with Crippen LogP contribution in [0.2, 0.25) is 0 Å². The zero-order valence-corrected chi connectivity index (χ0v) is 15.8. The van der Waals surface area contributed by atoms with E-state index in [4.69, 9.17) is 4.74 Å². The number of ether oxygens (including phenoxy) is 1. The number of sulfonamides is 1. The zero-order valence-electron chi connectivity index (χ0n) is 13.4. The van der Waals surface area contributed by atoms with Crippen molar-refractivity contribution in [1.82, 2.24) is 9.62 Å². The topological polar surface area (TPSA) is 75.7 Å². The molecule has 1 amide bonds. The Labute approximate surface area is 154 Å². The molecule has 0 radical (unpaired) electrons. The first-order chi connectivity index (χ1) is 12.1. The van der Waals surface area contributed by atoms with Crippen molar-refractivity contribution in [3.8, 4) is 0 Å². The number of thiophene rings is 2. The van der Waals surface area contributed by atoms with E-state index >= 15 is 0 Å². The Kier molecular flexibility index (Phi) is 6.02. The number of nitrogens with zero attached hydrogens (tertiary/aromatic N) is 1. The van der Waals surface area contributed by atoms with Gasteiger partial charge in [0.1, 0.15) is 4.21 Å². The van der Waals surface area contributed by atoms with Crippen LogP contribution < -0.4 is 5.32 Å². The van der Waals surface area contributed by atoms with E-state index in [0.29, 0.717) is 37.1 Å². The molecule has 0 aliphatic carbocycles. The molecule has 1 aliphatic heterocycles. The average Bonchev–Trinajstić information content (AvgIpc) is 3.31. The zero-order chi connectivity index (χ0) is 17.7. The molecule has 25 heavy (non-hydrogen) atoms. The lowest BCUT2D eigenvalue weighted by molar-refractivity contribution is -0.116. The highest BCUT2D eigenvalue weighted by Gasteiger charge is 2.27. The number of carbonyl (C=O) groups excluding carboxylic acids is 1. The second-order valence-corrected chi connectivity index (χ2v) is 9.62. The monoisotopic (exact) mass is 398 g/mol. The van der Waals surface area contributed by atoms with E-state index in [2.05, 4.69) is 5.32 Å². The Morgan fingerprint density at radius 1 is 1.28 bits per heavy atom. The summed E-state index contributed by atoms with van der Waals surface area (Å²) in [6, 6.07) is 7.18. The van der Waals surface area contributed by atoms with Crippen LogP contribution in [0.4, 0.5) is 0 Å². The van der Waals surface area contributed by atoms with E-state index in [9.17, 15) is 13.2 Å². The molecule has 0 spiro atoms. The maximum atomic E-state index is 12.6. The molecule has 0 saturated carbocycles. The summed E-state index contributed by atoms with van der Waals surface area (Å²) in [6.45, 7) is 1.89. The fraction of sp³-hybridized carbons (Fsp3) is 0.312. The first-order valence-electron chi connectivity index (χ1n) is 7.72. The highest BCUT2D eigenvalue weighted by atomic mass is 32.2. The van der Waals surface area contributed by atoms with Crippen LogP contribution in [0.3, 0.4) is 0 Å². The normalized spacial score (nSPS) is 16.3. The number of amides is 1. The molecule has 1 aliphatic rings. The summed E-state index contributed by atoms with van der Waals surface area (Å²) in [6.07, 6.45) is 3.23. The quantitative estimate of drug-likeness (QED) is 0.757. The highest BCUT2D eigenvalue weighted by Crippen LogP contribution is 2.25. The summed E-state index contributed by atoms with van der Waals surface area (Å²) in [5.74, 6) is -0.209. The number of nitrogens with one attached hydrogen (secondary N) is 1. The number of morpholine rings is 1. The highest BCUT2D eigenvalue weighted by molar-refractivity contribution is 7.91. The molecular weight excluding hydrogens is 380 g/mol. The van der Waals surface area contributed by atoms with Gasteiger partial charge in [-0.2, -0.15) is 4.31 Å². The van der Waals surface area contributed by atoms with Gasteiger partial charge in [0.15, 0.2) is 0 Å². The van der Waals surface area contributed by atoms with Crippen molar-refractivity contribution in [1.29, 1.82) is 0 Å². The van der Waals surface area contributed by atoms with Crippen molar-refractivity contribution < 1.29 is 17.9 Å². The summed E-state index contributed by atoms with van der Waals surface area (Å²) in [5, 5.41) is 4.71. The Morgan fingerprint density at radius 2 is 2.08 bits per heavy atom. The molecule has 134 valence electrons. The van der Waals surface area contributed by atoms with Crippen LogP contribution in [-0.4, -0.2) is 44.9 Å². The fourth-order valence-corrected chi connectivity index (χ4v) is 5.76. The number of rotatable bonds is 6. The number of carbonyl (C=O) groups is 1. The van der Waals surface area contributed by atoms with Gasteiger partial charge in [-0.05, 0) is 29.7 Å². The molecule has 2 aromatic heterocycles. The summed E-state index contributed by atoms with van der Waals surface area (Å²) in [7, 11) is -3.47. The van der Waals surface area contributed by atoms with E-state index in [1.54, 1.807) is 29.5 Å². The third kappa shape index (κ3) is 4.77. The van der Waals surface area contributed by atoms with Gasteiger partial charge < -0.3 is 10.1 Å². The van der Waals surface area contributed by atoms with Crippen molar-refractivity contribution in [2.75, 3.05) is 26.3 Å². The predicted octanol–water partition coefficient (Wildman–Crippen LogP) is 2.16. The van der Waals surface area contributed by atoms with Gasteiger partial charge in [0.05, 0.1) is 19.8 Å². The van der Waals surface area contributed by atoms with Crippen molar-refractivity contribution in [2.45, 2.75) is 10.8 Å². The largest absolute Gasteiger partial charge is 0.379 e. The lowest BCUT2D eigenvalue weighted by Crippen LogP contribution is -2.40. The minimum absolute atomic E-state index is 0.209. The molecule has 9 heteroatoms. The Morgan fingerprint density at radius 3 is 2.80 bits per heavy atom. The maximum absolute atomic E-state index is 12.6. The Balaban J connectivity index is 1.57. The molecule has 6 nitrogen and oxygen atoms in total. The van der Waals surface area contributed by atoms with E-state index in [0.717, 1.165) is 9.75 Å². The lowest BCUT2D eigenvalue weighted by atomic mass is 10.4. The molecule has 3 heterocycles. The predicted molar refractivity (Wildman–Crippen MR) is 99.1 cm³/mol.